The molecule has 122 valence electrons. The number of hydrogen-bond donors (Lipinski definition) is 0. The van der Waals surface area contributed by atoms with Gasteiger partial charge in [-0.1, -0.05) is 19.1 Å². The van der Waals surface area contributed by atoms with Crippen LogP contribution in [0.2, 0.25) is 0 Å². The molecular formula is C18H23N3O2. The van der Waals surface area contributed by atoms with Crippen molar-refractivity contribution >= 4 is 5.91 Å². The Balaban J connectivity index is 1.95. The number of para-hydroxylation sites is 1. The van der Waals surface area contributed by atoms with E-state index in [1.54, 1.807) is 0 Å². The van der Waals surface area contributed by atoms with E-state index in [-0.39, 0.29) is 11.9 Å². The summed E-state index contributed by atoms with van der Waals surface area (Å²) in [5.41, 5.74) is 0.632. The number of ether oxygens (including phenoxy) is 1. The Morgan fingerprint density at radius 3 is 2.91 bits per heavy atom. The molecule has 0 saturated carbocycles. The van der Waals surface area contributed by atoms with Crippen molar-refractivity contribution in [2.45, 2.75) is 39.3 Å². The highest BCUT2D eigenvalue weighted by atomic mass is 16.5. The van der Waals surface area contributed by atoms with Crippen molar-refractivity contribution in [3.05, 3.63) is 48.0 Å². The number of fused-ring (bicyclic) bond motifs is 1. The Morgan fingerprint density at radius 2 is 2.13 bits per heavy atom. The first kappa shape index (κ1) is 15.6. The van der Waals surface area contributed by atoms with E-state index in [1.807, 2.05) is 48.5 Å². The molecule has 2 aromatic rings. The van der Waals surface area contributed by atoms with Gasteiger partial charge < -0.3 is 14.2 Å². The van der Waals surface area contributed by atoms with Crippen molar-refractivity contribution in [2.75, 3.05) is 13.2 Å². The highest BCUT2D eigenvalue weighted by molar-refractivity contribution is 5.97. The van der Waals surface area contributed by atoms with Crippen LogP contribution in [0.25, 0.3) is 0 Å². The summed E-state index contributed by atoms with van der Waals surface area (Å²) >= 11 is 0. The van der Waals surface area contributed by atoms with Crippen LogP contribution >= 0.6 is 0 Å². The quantitative estimate of drug-likeness (QED) is 0.870. The standard InChI is InChI=1S/C18H23N3O2/c1-3-15-17-19-10-13-20(17)11-7-12-21(15)18(22)14-8-5-6-9-16(14)23-4-2/h5-6,8-10,13,15H,3-4,7,11-12H2,1-2H3. The average Bonchev–Trinajstić information content (AvgIpc) is 2.95. The van der Waals surface area contributed by atoms with Gasteiger partial charge in [0.15, 0.2) is 0 Å². The number of rotatable bonds is 4. The van der Waals surface area contributed by atoms with Crippen LogP contribution in [-0.4, -0.2) is 33.5 Å². The molecule has 0 saturated heterocycles. The normalized spacial score (nSPS) is 17.5. The Morgan fingerprint density at radius 1 is 1.30 bits per heavy atom. The summed E-state index contributed by atoms with van der Waals surface area (Å²) in [5.74, 6) is 1.66. The molecule has 1 atom stereocenters. The minimum atomic E-state index is 0.00897. The zero-order chi connectivity index (χ0) is 16.2. The molecule has 1 amide bonds. The minimum absolute atomic E-state index is 0.00897. The molecule has 3 rings (SSSR count). The zero-order valence-electron chi connectivity index (χ0n) is 13.7. The molecule has 1 aliphatic rings. The van der Waals surface area contributed by atoms with E-state index in [4.69, 9.17) is 4.74 Å². The lowest BCUT2D eigenvalue weighted by Crippen LogP contribution is -2.35. The minimum Gasteiger partial charge on any atom is -0.493 e. The van der Waals surface area contributed by atoms with Crippen LogP contribution in [0.1, 0.15) is 48.9 Å². The van der Waals surface area contributed by atoms with Crippen LogP contribution < -0.4 is 4.74 Å². The number of benzene rings is 1. The van der Waals surface area contributed by atoms with Crippen molar-refractivity contribution in [3.63, 3.8) is 0 Å². The number of carbonyl (C=O) groups is 1. The van der Waals surface area contributed by atoms with E-state index in [0.29, 0.717) is 17.9 Å². The van der Waals surface area contributed by atoms with Crippen molar-refractivity contribution in [2.24, 2.45) is 0 Å². The maximum absolute atomic E-state index is 13.2. The van der Waals surface area contributed by atoms with E-state index in [2.05, 4.69) is 16.5 Å². The summed E-state index contributed by atoms with van der Waals surface area (Å²) < 4.78 is 7.80. The van der Waals surface area contributed by atoms with E-state index >= 15 is 0 Å². The summed E-state index contributed by atoms with van der Waals surface area (Å²) in [4.78, 5) is 19.6. The molecule has 0 radical (unpaired) electrons. The van der Waals surface area contributed by atoms with Crippen molar-refractivity contribution < 1.29 is 9.53 Å². The van der Waals surface area contributed by atoms with E-state index < -0.39 is 0 Å². The monoisotopic (exact) mass is 313 g/mol. The highest BCUT2D eigenvalue weighted by Gasteiger charge is 2.31. The third-order valence-corrected chi connectivity index (χ3v) is 4.28. The molecule has 0 bridgehead atoms. The molecule has 2 heterocycles. The molecule has 1 aromatic carbocycles. The Hall–Kier alpha value is -2.30. The lowest BCUT2D eigenvalue weighted by Gasteiger charge is -2.29. The molecule has 0 spiro atoms. The van der Waals surface area contributed by atoms with Gasteiger partial charge in [-0.3, -0.25) is 4.79 Å². The molecule has 1 aliphatic heterocycles. The highest BCUT2D eigenvalue weighted by Crippen LogP contribution is 2.30. The van der Waals surface area contributed by atoms with Gasteiger partial charge in [-0.2, -0.15) is 0 Å². The van der Waals surface area contributed by atoms with Gasteiger partial charge >= 0.3 is 0 Å². The van der Waals surface area contributed by atoms with Gasteiger partial charge in [-0.05, 0) is 31.9 Å². The molecule has 5 heteroatoms. The number of imidazole rings is 1. The fourth-order valence-corrected chi connectivity index (χ4v) is 3.24. The van der Waals surface area contributed by atoms with Crippen molar-refractivity contribution in [1.82, 2.24) is 14.5 Å². The summed E-state index contributed by atoms with van der Waals surface area (Å²) in [5, 5.41) is 0. The first-order valence-electron chi connectivity index (χ1n) is 8.30. The number of nitrogens with zero attached hydrogens (tertiary/aromatic N) is 3. The third kappa shape index (κ3) is 2.96. The van der Waals surface area contributed by atoms with Crippen LogP contribution in [0.3, 0.4) is 0 Å². The topological polar surface area (TPSA) is 47.4 Å². The van der Waals surface area contributed by atoms with Gasteiger partial charge in [-0.15, -0.1) is 0 Å². The van der Waals surface area contributed by atoms with Gasteiger partial charge in [0.05, 0.1) is 18.2 Å². The SMILES string of the molecule is CCOc1ccccc1C(=O)N1CCCn2ccnc2C1CC. The van der Waals surface area contributed by atoms with Crippen LogP contribution in [0, 0.1) is 0 Å². The molecule has 5 nitrogen and oxygen atoms in total. The number of aryl methyl sites for hydroxylation is 1. The Labute approximate surface area is 136 Å². The van der Waals surface area contributed by atoms with Crippen molar-refractivity contribution in [1.29, 1.82) is 0 Å². The lowest BCUT2D eigenvalue weighted by molar-refractivity contribution is 0.0666. The maximum Gasteiger partial charge on any atom is 0.258 e. The molecule has 23 heavy (non-hydrogen) atoms. The Kier molecular flexibility index (Phi) is 4.65. The zero-order valence-corrected chi connectivity index (χ0v) is 13.7. The average molecular weight is 313 g/mol. The predicted octanol–water partition coefficient (Wildman–Crippen LogP) is 3.28. The lowest BCUT2D eigenvalue weighted by atomic mass is 10.1. The first-order chi connectivity index (χ1) is 11.3. The fourth-order valence-electron chi connectivity index (χ4n) is 3.24. The van der Waals surface area contributed by atoms with Crippen LogP contribution in [0.5, 0.6) is 5.75 Å². The van der Waals surface area contributed by atoms with Crippen molar-refractivity contribution in [3.8, 4) is 5.75 Å². The second-order valence-corrected chi connectivity index (χ2v) is 5.68. The summed E-state index contributed by atoms with van der Waals surface area (Å²) in [6, 6.07) is 7.49. The summed E-state index contributed by atoms with van der Waals surface area (Å²) in [7, 11) is 0. The molecular weight excluding hydrogens is 290 g/mol. The second kappa shape index (κ2) is 6.86. The number of amides is 1. The summed E-state index contributed by atoms with van der Waals surface area (Å²) in [6.45, 7) is 6.22. The summed E-state index contributed by atoms with van der Waals surface area (Å²) in [6.07, 6.45) is 5.60. The number of hydrogen-bond acceptors (Lipinski definition) is 3. The molecule has 0 fully saturated rings. The van der Waals surface area contributed by atoms with Gasteiger partial charge in [0.25, 0.3) is 5.91 Å². The molecule has 1 aromatic heterocycles. The first-order valence-corrected chi connectivity index (χ1v) is 8.30. The van der Waals surface area contributed by atoms with E-state index in [0.717, 1.165) is 31.8 Å². The predicted molar refractivity (Wildman–Crippen MR) is 88.5 cm³/mol. The molecule has 0 N–H and O–H groups in total. The Bertz CT molecular complexity index is 680. The second-order valence-electron chi connectivity index (χ2n) is 5.68. The van der Waals surface area contributed by atoms with Gasteiger partial charge in [0.2, 0.25) is 0 Å². The van der Waals surface area contributed by atoms with Crippen LogP contribution in [0.15, 0.2) is 36.7 Å². The van der Waals surface area contributed by atoms with Gasteiger partial charge in [-0.25, -0.2) is 4.98 Å². The largest absolute Gasteiger partial charge is 0.493 e. The van der Waals surface area contributed by atoms with Gasteiger partial charge in [0.1, 0.15) is 11.6 Å². The number of aromatic nitrogens is 2. The van der Waals surface area contributed by atoms with E-state index in [1.165, 1.54) is 0 Å². The van der Waals surface area contributed by atoms with Gasteiger partial charge in [0, 0.05) is 25.5 Å². The fraction of sp³-hybridized carbons (Fsp3) is 0.444. The van der Waals surface area contributed by atoms with E-state index in [9.17, 15) is 4.79 Å². The smallest absolute Gasteiger partial charge is 0.258 e. The molecule has 0 aliphatic carbocycles. The molecule has 1 unspecified atom stereocenters. The number of carbonyl (C=O) groups excluding carboxylic acids is 1. The van der Waals surface area contributed by atoms with Crippen LogP contribution in [-0.2, 0) is 6.54 Å². The maximum atomic E-state index is 13.2. The third-order valence-electron chi connectivity index (χ3n) is 4.28. The van der Waals surface area contributed by atoms with Crippen LogP contribution in [0.4, 0.5) is 0 Å².